The third kappa shape index (κ3) is 3.21. The summed E-state index contributed by atoms with van der Waals surface area (Å²) in [7, 11) is 1.45. The van der Waals surface area contributed by atoms with Crippen LogP contribution in [0.4, 0.5) is 5.69 Å². The molecule has 0 unspecified atom stereocenters. The molecule has 26 heavy (non-hydrogen) atoms. The van der Waals surface area contributed by atoms with Gasteiger partial charge >= 0.3 is 5.97 Å². The van der Waals surface area contributed by atoms with Crippen LogP contribution in [0.15, 0.2) is 42.6 Å². The number of carboxylic acids is 1. The number of hydrogen-bond acceptors (Lipinski definition) is 4. The Morgan fingerprint density at radius 2 is 1.85 bits per heavy atom. The first-order chi connectivity index (χ1) is 12.4. The Bertz CT molecular complexity index is 1030. The summed E-state index contributed by atoms with van der Waals surface area (Å²) in [6, 6.07) is 10.1. The van der Waals surface area contributed by atoms with Gasteiger partial charge < -0.3 is 15.2 Å². The minimum Gasteiger partial charge on any atom is -0.497 e. The molecule has 0 aliphatic heterocycles. The number of nitrogens with zero attached hydrogens (tertiary/aromatic N) is 1. The number of anilines is 1. The summed E-state index contributed by atoms with van der Waals surface area (Å²) < 4.78 is 5.05. The van der Waals surface area contributed by atoms with Gasteiger partial charge in [0.25, 0.3) is 5.91 Å². The third-order valence-corrected chi connectivity index (χ3v) is 4.16. The molecule has 3 aromatic rings. The summed E-state index contributed by atoms with van der Waals surface area (Å²) in [5, 5.41) is 13.0. The predicted molar refractivity (Wildman–Crippen MR) is 99.1 cm³/mol. The fraction of sp³-hybridized carbons (Fsp3) is 0.150. The number of hydrogen-bond donors (Lipinski definition) is 2. The van der Waals surface area contributed by atoms with Crippen LogP contribution in [0.5, 0.6) is 5.75 Å². The number of carbonyl (C=O) groups excluding carboxylic acids is 1. The lowest BCUT2D eigenvalue weighted by molar-refractivity contribution is 0.0697. The fourth-order valence-electron chi connectivity index (χ4n) is 2.83. The number of carboxylic acid groups (broad SMARTS) is 1. The van der Waals surface area contributed by atoms with Crippen molar-refractivity contribution in [3.05, 3.63) is 64.8 Å². The average molecular weight is 350 g/mol. The van der Waals surface area contributed by atoms with Gasteiger partial charge in [-0.2, -0.15) is 0 Å². The average Bonchev–Trinajstić information content (AvgIpc) is 2.62. The first-order valence-electron chi connectivity index (χ1n) is 7.99. The molecule has 2 N–H and O–H groups in total. The smallest absolute Gasteiger partial charge is 0.337 e. The topological polar surface area (TPSA) is 88.5 Å². The van der Waals surface area contributed by atoms with Crippen molar-refractivity contribution in [1.82, 2.24) is 4.98 Å². The quantitative estimate of drug-likeness (QED) is 0.747. The normalized spacial score (nSPS) is 10.6. The van der Waals surface area contributed by atoms with E-state index in [1.165, 1.54) is 19.2 Å². The van der Waals surface area contributed by atoms with Gasteiger partial charge in [-0.05, 0) is 61.4 Å². The lowest BCUT2D eigenvalue weighted by atomic mass is 10.0. The van der Waals surface area contributed by atoms with E-state index >= 15 is 0 Å². The van der Waals surface area contributed by atoms with Crippen molar-refractivity contribution >= 4 is 28.5 Å². The summed E-state index contributed by atoms with van der Waals surface area (Å²) in [5.74, 6) is -1.16. The molecule has 3 rings (SSSR count). The van der Waals surface area contributed by atoms with Crippen molar-refractivity contribution in [3.63, 3.8) is 0 Å². The molecule has 0 bridgehead atoms. The van der Waals surface area contributed by atoms with E-state index in [1.807, 2.05) is 26.0 Å². The maximum atomic E-state index is 12.8. The first-order valence-corrected chi connectivity index (χ1v) is 7.99. The van der Waals surface area contributed by atoms with Crippen molar-refractivity contribution < 1.29 is 19.4 Å². The molecule has 0 saturated carbocycles. The standard InChI is InChI=1S/C20H18N2O4/c1-11-8-14-12(2)6-7-21-18(14)16(9-11)19(23)22-17-5-4-13(26-3)10-15(17)20(24)25/h4-10H,1-3H3,(H,22,23)(H,24,25). The van der Waals surface area contributed by atoms with E-state index in [0.717, 1.165) is 16.5 Å². The first kappa shape index (κ1) is 17.4. The number of fused-ring (bicyclic) bond motifs is 1. The second-order valence-electron chi connectivity index (χ2n) is 6.01. The minimum absolute atomic E-state index is 0.0428. The van der Waals surface area contributed by atoms with E-state index < -0.39 is 11.9 Å². The van der Waals surface area contributed by atoms with Crippen LogP contribution in [-0.2, 0) is 0 Å². The van der Waals surface area contributed by atoms with Crippen molar-refractivity contribution in [2.24, 2.45) is 0 Å². The zero-order valence-corrected chi connectivity index (χ0v) is 14.7. The number of methoxy groups -OCH3 is 1. The third-order valence-electron chi connectivity index (χ3n) is 4.16. The maximum Gasteiger partial charge on any atom is 0.337 e. The molecule has 0 spiro atoms. The van der Waals surface area contributed by atoms with Gasteiger partial charge in [-0.3, -0.25) is 9.78 Å². The number of benzene rings is 2. The highest BCUT2D eigenvalue weighted by atomic mass is 16.5. The van der Waals surface area contributed by atoms with Crippen LogP contribution >= 0.6 is 0 Å². The Hall–Kier alpha value is -3.41. The number of nitrogens with one attached hydrogen (secondary N) is 1. The Balaban J connectivity index is 2.06. The number of carbonyl (C=O) groups is 2. The van der Waals surface area contributed by atoms with Gasteiger partial charge in [-0.25, -0.2) is 4.79 Å². The monoisotopic (exact) mass is 350 g/mol. The molecule has 6 nitrogen and oxygen atoms in total. The van der Waals surface area contributed by atoms with Gasteiger partial charge in [0.1, 0.15) is 5.75 Å². The minimum atomic E-state index is -1.15. The molecule has 1 heterocycles. The summed E-state index contributed by atoms with van der Waals surface area (Å²) in [6.45, 7) is 3.86. The zero-order chi connectivity index (χ0) is 18.8. The maximum absolute atomic E-state index is 12.8. The number of ether oxygens (including phenoxy) is 1. The molecule has 0 radical (unpaired) electrons. The molecule has 0 aliphatic rings. The number of aromatic nitrogens is 1. The second-order valence-corrected chi connectivity index (χ2v) is 6.01. The largest absolute Gasteiger partial charge is 0.497 e. The van der Waals surface area contributed by atoms with Crippen molar-refractivity contribution in [3.8, 4) is 5.75 Å². The van der Waals surface area contributed by atoms with Gasteiger partial charge in [0.05, 0.1) is 29.4 Å². The molecule has 132 valence electrons. The highest BCUT2D eigenvalue weighted by Gasteiger charge is 2.17. The fourth-order valence-corrected chi connectivity index (χ4v) is 2.83. The zero-order valence-electron chi connectivity index (χ0n) is 14.7. The Morgan fingerprint density at radius 1 is 1.08 bits per heavy atom. The molecule has 0 aliphatic carbocycles. The Kier molecular flexibility index (Phi) is 4.58. The predicted octanol–water partition coefficient (Wildman–Crippen LogP) is 3.81. The van der Waals surface area contributed by atoms with Crippen LogP contribution in [0.3, 0.4) is 0 Å². The number of pyridine rings is 1. The van der Waals surface area contributed by atoms with E-state index in [9.17, 15) is 14.7 Å². The van der Waals surface area contributed by atoms with E-state index in [1.54, 1.807) is 18.3 Å². The van der Waals surface area contributed by atoms with Crippen molar-refractivity contribution in [2.75, 3.05) is 12.4 Å². The van der Waals surface area contributed by atoms with Gasteiger partial charge in [0, 0.05) is 11.6 Å². The SMILES string of the molecule is COc1ccc(NC(=O)c2cc(C)cc3c(C)ccnc23)c(C(=O)O)c1. The van der Waals surface area contributed by atoms with E-state index in [0.29, 0.717) is 16.8 Å². The summed E-state index contributed by atoms with van der Waals surface area (Å²) in [5.41, 5.74) is 3.08. The van der Waals surface area contributed by atoms with E-state index in [-0.39, 0.29) is 11.3 Å². The van der Waals surface area contributed by atoms with E-state index in [4.69, 9.17) is 4.74 Å². The molecular formula is C20H18N2O4. The molecule has 1 amide bonds. The summed E-state index contributed by atoms with van der Waals surface area (Å²) >= 11 is 0. The van der Waals surface area contributed by atoms with Crippen LogP contribution in [0, 0.1) is 13.8 Å². The van der Waals surface area contributed by atoms with Crippen LogP contribution < -0.4 is 10.1 Å². The molecule has 0 fully saturated rings. The van der Waals surface area contributed by atoms with Crippen LogP contribution in [-0.4, -0.2) is 29.1 Å². The summed E-state index contributed by atoms with van der Waals surface area (Å²) in [6.07, 6.45) is 1.65. The Labute approximate surface area is 150 Å². The van der Waals surface area contributed by atoms with E-state index in [2.05, 4.69) is 10.3 Å². The molecule has 6 heteroatoms. The van der Waals surface area contributed by atoms with Gasteiger partial charge in [0.2, 0.25) is 0 Å². The highest BCUT2D eigenvalue weighted by Crippen LogP contribution is 2.26. The number of aryl methyl sites for hydroxylation is 2. The molecular weight excluding hydrogens is 332 g/mol. The second kappa shape index (κ2) is 6.84. The molecule has 2 aromatic carbocycles. The number of rotatable bonds is 4. The molecule has 0 atom stereocenters. The van der Waals surface area contributed by atoms with Gasteiger partial charge in [-0.1, -0.05) is 0 Å². The molecule has 1 aromatic heterocycles. The van der Waals surface area contributed by atoms with Crippen molar-refractivity contribution in [2.45, 2.75) is 13.8 Å². The number of aromatic carboxylic acids is 1. The Morgan fingerprint density at radius 3 is 2.54 bits per heavy atom. The number of amides is 1. The molecule has 0 saturated heterocycles. The van der Waals surface area contributed by atoms with Gasteiger partial charge in [-0.15, -0.1) is 0 Å². The van der Waals surface area contributed by atoms with Crippen molar-refractivity contribution in [1.29, 1.82) is 0 Å². The lowest BCUT2D eigenvalue weighted by Gasteiger charge is -2.12. The van der Waals surface area contributed by atoms with Crippen LogP contribution in [0.25, 0.3) is 10.9 Å². The van der Waals surface area contributed by atoms with Gasteiger partial charge in [0.15, 0.2) is 0 Å². The van der Waals surface area contributed by atoms with Crippen LogP contribution in [0.1, 0.15) is 31.8 Å². The highest BCUT2D eigenvalue weighted by molar-refractivity contribution is 6.14. The van der Waals surface area contributed by atoms with Crippen LogP contribution in [0.2, 0.25) is 0 Å². The lowest BCUT2D eigenvalue weighted by Crippen LogP contribution is -2.16. The summed E-state index contributed by atoms with van der Waals surface area (Å²) in [4.78, 5) is 28.7.